The van der Waals surface area contributed by atoms with E-state index in [0.29, 0.717) is 22.5 Å². The van der Waals surface area contributed by atoms with Gasteiger partial charge in [-0.2, -0.15) is 0 Å². The van der Waals surface area contributed by atoms with E-state index in [1.807, 2.05) is 48.2 Å². The van der Waals surface area contributed by atoms with Crippen molar-refractivity contribution in [3.63, 3.8) is 0 Å². The minimum Gasteiger partial charge on any atom is -0.465 e. The second kappa shape index (κ2) is 10.2. The second-order valence-corrected chi connectivity index (χ2v) is 11.1. The van der Waals surface area contributed by atoms with Crippen LogP contribution >= 0.6 is 0 Å². The Kier molecular flexibility index (Phi) is 7.63. The van der Waals surface area contributed by atoms with Crippen LogP contribution in [0.5, 0.6) is 0 Å². The lowest BCUT2D eigenvalue weighted by molar-refractivity contribution is 0.0593. The number of ether oxygens (including phenoxy) is 2. The second-order valence-electron chi connectivity index (χ2n) is 11.1. The normalized spacial score (nSPS) is 11.7. The molecule has 3 aromatic rings. The van der Waals surface area contributed by atoms with Crippen LogP contribution in [-0.4, -0.2) is 26.2 Å². The summed E-state index contributed by atoms with van der Waals surface area (Å²) in [5.41, 5.74) is 5.94. The van der Waals surface area contributed by atoms with Crippen LogP contribution < -0.4 is 4.90 Å². The van der Waals surface area contributed by atoms with Gasteiger partial charge in [0.1, 0.15) is 0 Å². The maximum Gasteiger partial charge on any atom is 0.340 e. The Hall–Kier alpha value is -3.60. The summed E-state index contributed by atoms with van der Waals surface area (Å²) in [6.07, 6.45) is 0. The number of carbonyl (C=O) groups excluding carboxylic acids is 2. The maximum atomic E-state index is 13.1. The third kappa shape index (κ3) is 5.46. The van der Waals surface area contributed by atoms with Gasteiger partial charge >= 0.3 is 11.9 Å². The first kappa shape index (κ1) is 27.0. The maximum absolute atomic E-state index is 13.1. The summed E-state index contributed by atoms with van der Waals surface area (Å²) in [4.78, 5) is 27.8. The number of rotatable bonds is 5. The molecule has 5 heteroatoms. The van der Waals surface area contributed by atoms with Crippen LogP contribution in [0.3, 0.4) is 0 Å². The number of hydrogen-bond acceptors (Lipinski definition) is 5. The fraction of sp³-hybridized carbons (Fsp3) is 0.355. The van der Waals surface area contributed by atoms with Gasteiger partial charge in [0, 0.05) is 5.69 Å². The van der Waals surface area contributed by atoms with E-state index in [0.717, 1.165) is 16.8 Å². The summed E-state index contributed by atoms with van der Waals surface area (Å²) in [6, 6.07) is 19.4. The van der Waals surface area contributed by atoms with Crippen molar-refractivity contribution >= 4 is 29.0 Å². The van der Waals surface area contributed by atoms with Crippen LogP contribution in [0, 0.1) is 6.92 Å². The zero-order valence-corrected chi connectivity index (χ0v) is 22.9. The highest BCUT2D eigenvalue weighted by molar-refractivity contribution is 6.03. The largest absolute Gasteiger partial charge is 0.465 e. The summed E-state index contributed by atoms with van der Waals surface area (Å²) < 4.78 is 10.3. The van der Waals surface area contributed by atoms with Crippen molar-refractivity contribution in [2.75, 3.05) is 19.1 Å². The molecule has 0 saturated carbocycles. The molecule has 5 nitrogen and oxygen atoms in total. The van der Waals surface area contributed by atoms with Crippen molar-refractivity contribution in [3.8, 4) is 0 Å². The number of esters is 2. The van der Waals surface area contributed by atoms with E-state index < -0.39 is 11.9 Å². The first-order chi connectivity index (χ1) is 16.8. The molecule has 0 aromatic heterocycles. The molecule has 0 aliphatic carbocycles. The third-order valence-corrected chi connectivity index (χ3v) is 6.36. The van der Waals surface area contributed by atoms with Crippen LogP contribution in [0.4, 0.5) is 17.1 Å². The van der Waals surface area contributed by atoms with E-state index in [1.165, 1.54) is 19.8 Å². The molecule has 36 heavy (non-hydrogen) atoms. The van der Waals surface area contributed by atoms with Gasteiger partial charge in [-0.25, -0.2) is 9.59 Å². The van der Waals surface area contributed by atoms with Crippen molar-refractivity contribution in [1.29, 1.82) is 0 Å². The lowest BCUT2D eigenvalue weighted by Gasteiger charge is -2.31. The fourth-order valence-corrected chi connectivity index (χ4v) is 4.18. The Balaban J connectivity index is 2.40. The molecule has 0 bridgehead atoms. The molecule has 0 N–H and O–H groups in total. The van der Waals surface area contributed by atoms with Crippen LogP contribution in [0.15, 0.2) is 60.7 Å². The van der Waals surface area contributed by atoms with Crippen molar-refractivity contribution in [2.24, 2.45) is 0 Å². The van der Waals surface area contributed by atoms with Crippen molar-refractivity contribution in [3.05, 3.63) is 88.5 Å². The predicted octanol–water partition coefficient (Wildman–Crippen LogP) is 7.63. The van der Waals surface area contributed by atoms with Gasteiger partial charge in [-0.05, 0) is 64.8 Å². The minimum atomic E-state index is -0.453. The average Bonchev–Trinajstić information content (AvgIpc) is 2.83. The van der Waals surface area contributed by atoms with Gasteiger partial charge < -0.3 is 14.4 Å². The number of para-hydroxylation sites is 1. The SMILES string of the molecule is COC(=O)c1ccccc1N(c1ccc(C(C)(C)C)cc1C)c1ccc(C(C)(C)C)cc1C(=O)OC. The lowest BCUT2D eigenvalue weighted by atomic mass is 9.85. The molecule has 0 saturated heterocycles. The monoisotopic (exact) mass is 487 g/mol. The molecule has 0 aliphatic heterocycles. The standard InChI is InChI=1S/C31H37NO4/c1-20-18-21(30(2,3)4)14-16-25(20)32(26-13-11-10-12-23(26)28(33)35-8)27-17-15-22(31(5,6)7)19-24(27)29(34)36-9/h10-19H,1-9H3. The first-order valence-electron chi connectivity index (χ1n) is 12.1. The summed E-state index contributed by atoms with van der Waals surface area (Å²) in [5, 5.41) is 0. The smallest absolute Gasteiger partial charge is 0.340 e. The fourth-order valence-electron chi connectivity index (χ4n) is 4.18. The molecule has 0 fully saturated rings. The molecule has 0 atom stereocenters. The highest BCUT2D eigenvalue weighted by atomic mass is 16.5. The van der Waals surface area contributed by atoms with E-state index in [2.05, 4.69) is 53.7 Å². The molecule has 3 aromatic carbocycles. The molecule has 190 valence electrons. The van der Waals surface area contributed by atoms with E-state index in [-0.39, 0.29) is 10.8 Å². The number of hydrogen-bond donors (Lipinski definition) is 0. The molecular formula is C31H37NO4. The number of carbonyl (C=O) groups is 2. The van der Waals surface area contributed by atoms with E-state index in [9.17, 15) is 9.59 Å². The summed E-state index contributed by atoms with van der Waals surface area (Å²) in [7, 11) is 2.75. The van der Waals surface area contributed by atoms with Gasteiger partial charge in [-0.15, -0.1) is 0 Å². The predicted molar refractivity (Wildman–Crippen MR) is 146 cm³/mol. The molecule has 0 heterocycles. The van der Waals surface area contributed by atoms with Crippen LogP contribution in [-0.2, 0) is 20.3 Å². The number of anilines is 3. The van der Waals surface area contributed by atoms with Gasteiger partial charge in [0.05, 0.1) is 36.7 Å². The quantitative estimate of drug-likeness (QED) is 0.346. The Morgan fingerprint density at radius 1 is 0.639 bits per heavy atom. The van der Waals surface area contributed by atoms with Gasteiger partial charge in [0.2, 0.25) is 0 Å². The van der Waals surface area contributed by atoms with Crippen LogP contribution in [0.2, 0.25) is 0 Å². The van der Waals surface area contributed by atoms with Crippen molar-refractivity contribution < 1.29 is 19.1 Å². The Morgan fingerprint density at radius 3 is 1.64 bits per heavy atom. The van der Waals surface area contributed by atoms with Gasteiger partial charge in [0.15, 0.2) is 0 Å². The van der Waals surface area contributed by atoms with Gasteiger partial charge in [-0.3, -0.25) is 0 Å². The zero-order valence-electron chi connectivity index (χ0n) is 22.9. The zero-order chi connectivity index (χ0) is 26.8. The average molecular weight is 488 g/mol. The summed E-state index contributed by atoms with van der Waals surface area (Å²) in [6.45, 7) is 14.9. The molecule has 0 unspecified atom stereocenters. The number of aryl methyl sites for hydroxylation is 1. The number of nitrogens with zero attached hydrogens (tertiary/aromatic N) is 1. The molecule has 0 aliphatic rings. The molecule has 0 spiro atoms. The van der Waals surface area contributed by atoms with Crippen LogP contribution in [0.1, 0.15) is 78.9 Å². The molecule has 0 radical (unpaired) electrons. The Labute approximate surface area is 215 Å². The van der Waals surface area contributed by atoms with E-state index in [4.69, 9.17) is 9.47 Å². The third-order valence-electron chi connectivity index (χ3n) is 6.36. The number of methoxy groups -OCH3 is 2. The van der Waals surface area contributed by atoms with Crippen molar-refractivity contribution in [2.45, 2.75) is 59.3 Å². The summed E-state index contributed by atoms with van der Waals surface area (Å²) >= 11 is 0. The van der Waals surface area contributed by atoms with Crippen LogP contribution in [0.25, 0.3) is 0 Å². The molecular weight excluding hydrogens is 450 g/mol. The lowest BCUT2D eigenvalue weighted by Crippen LogP contribution is -2.21. The van der Waals surface area contributed by atoms with Gasteiger partial charge in [0.25, 0.3) is 0 Å². The minimum absolute atomic E-state index is 0.0242. The first-order valence-corrected chi connectivity index (χ1v) is 12.1. The van der Waals surface area contributed by atoms with E-state index in [1.54, 1.807) is 12.1 Å². The highest BCUT2D eigenvalue weighted by Crippen LogP contribution is 2.42. The topological polar surface area (TPSA) is 55.8 Å². The molecule has 0 amide bonds. The summed E-state index contributed by atoms with van der Waals surface area (Å²) in [5.74, 6) is -0.897. The Bertz CT molecular complexity index is 1280. The van der Waals surface area contributed by atoms with E-state index >= 15 is 0 Å². The highest BCUT2D eigenvalue weighted by Gasteiger charge is 2.28. The van der Waals surface area contributed by atoms with Crippen molar-refractivity contribution in [1.82, 2.24) is 0 Å². The number of benzene rings is 3. The molecule has 3 rings (SSSR count). The Morgan fingerprint density at radius 2 is 1.11 bits per heavy atom. The van der Waals surface area contributed by atoms with Gasteiger partial charge in [-0.1, -0.05) is 71.9 Å².